The van der Waals surface area contributed by atoms with Crippen molar-refractivity contribution in [2.75, 3.05) is 0 Å². The third-order valence-electron chi connectivity index (χ3n) is 9.19. The van der Waals surface area contributed by atoms with Gasteiger partial charge in [0.05, 0.1) is 24.2 Å². The van der Waals surface area contributed by atoms with E-state index in [-0.39, 0.29) is 23.5 Å². The van der Waals surface area contributed by atoms with E-state index in [0.717, 1.165) is 11.1 Å². The molecule has 1 saturated heterocycles. The lowest BCUT2D eigenvalue weighted by Gasteiger charge is -2.32. The topological polar surface area (TPSA) is 134 Å². The van der Waals surface area contributed by atoms with Crippen molar-refractivity contribution in [1.82, 2.24) is 0 Å². The summed E-state index contributed by atoms with van der Waals surface area (Å²) in [4.78, 5) is 26.1. The van der Waals surface area contributed by atoms with E-state index < -0.39 is 60.0 Å². The maximum absolute atomic E-state index is 13.1. The first-order valence-electron chi connectivity index (χ1n) is 15.0. The van der Waals surface area contributed by atoms with Gasteiger partial charge < -0.3 is 29.9 Å². The van der Waals surface area contributed by atoms with Crippen molar-refractivity contribution >= 4 is 11.8 Å². The van der Waals surface area contributed by atoms with Crippen molar-refractivity contribution in [3.63, 3.8) is 0 Å². The molecular formula is C32H54O8. The average molecular weight is 567 g/mol. The summed E-state index contributed by atoms with van der Waals surface area (Å²) in [5, 5.41) is 43.3. The Hall–Kier alpha value is -1.58. The number of carbonyl (C=O) groups is 2. The number of esters is 1. The quantitative estimate of drug-likeness (QED) is 0.213. The smallest absolute Gasteiger partial charge is 0.311 e. The fourth-order valence-electron chi connectivity index (χ4n) is 6.64. The number of aliphatic hydroxyl groups excluding tert-OH is 3. The molecule has 230 valence electrons. The number of carbonyl (C=O) groups excluding carboxylic acids is 2. The number of ether oxygens (including phenoxy) is 2. The second kappa shape index (κ2) is 14.1. The van der Waals surface area contributed by atoms with Crippen LogP contribution in [0.2, 0.25) is 0 Å². The van der Waals surface area contributed by atoms with Crippen molar-refractivity contribution in [2.24, 2.45) is 29.6 Å². The van der Waals surface area contributed by atoms with Crippen LogP contribution in [0.1, 0.15) is 101 Å². The first-order valence-corrected chi connectivity index (χ1v) is 15.0. The van der Waals surface area contributed by atoms with Gasteiger partial charge >= 0.3 is 5.97 Å². The summed E-state index contributed by atoms with van der Waals surface area (Å²) in [6.45, 7) is 16.8. The van der Waals surface area contributed by atoms with Gasteiger partial charge in [0, 0.05) is 30.6 Å². The molecule has 0 saturated carbocycles. The van der Waals surface area contributed by atoms with Gasteiger partial charge in [0.15, 0.2) is 11.6 Å². The maximum Gasteiger partial charge on any atom is 0.311 e. The Balaban J connectivity index is 2.17. The number of hydrogen-bond acceptors (Lipinski definition) is 8. The van der Waals surface area contributed by atoms with Gasteiger partial charge in [0.25, 0.3) is 0 Å². The molecule has 1 fully saturated rings. The Morgan fingerprint density at radius 2 is 1.73 bits per heavy atom. The van der Waals surface area contributed by atoms with E-state index in [0.29, 0.717) is 32.1 Å². The molecule has 8 nitrogen and oxygen atoms in total. The van der Waals surface area contributed by atoms with Crippen molar-refractivity contribution in [1.29, 1.82) is 0 Å². The second-order valence-electron chi connectivity index (χ2n) is 12.9. The first-order chi connectivity index (χ1) is 18.5. The lowest BCUT2D eigenvalue weighted by Crippen LogP contribution is -2.42. The van der Waals surface area contributed by atoms with E-state index in [9.17, 15) is 30.0 Å². The SMILES string of the molecule is CCC(O)C(C)C(O)C(C)C=C(C)CC(C)C(O)C(C)C1CC=C(C)CC2(C)OC(O)(CC(=O)O1)C(CC)C2=O. The fraction of sp³-hybridized carbons (Fsp3) is 0.812. The maximum atomic E-state index is 13.1. The average Bonchev–Trinajstić information content (AvgIpc) is 3.05. The van der Waals surface area contributed by atoms with Crippen LogP contribution < -0.4 is 0 Å². The van der Waals surface area contributed by atoms with Gasteiger partial charge in [-0.25, -0.2) is 0 Å². The van der Waals surface area contributed by atoms with Crippen molar-refractivity contribution in [3.8, 4) is 0 Å². The Bertz CT molecular complexity index is 943. The second-order valence-corrected chi connectivity index (χ2v) is 12.9. The first kappa shape index (κ1) is 34.6. The largest absolute Gasteiger partial charge is 0.461 e. The summed E-state index contributed by atoms with van der Waals surface area (Å²) in [7, 11) is 0. The highest BCUT2D eigenvalue weighted by Gasteiger charge is 2.60. The van der Waals surface area contributed by atoms with E-state index in [1.54, 1.807) is 13.8 Å². The highest BCUT2D eigenvalue weighted by atomic mass is 16.7. The van der Waals surface area contributed by atoms with Gasteiger partial charge in [0.1, 0.15) is 18.1 Å². The normalized spacial score (nSPS) is 33.6. The van der Waals surface area contributed by atoms with E-state index in [2.05, 4.69) is 0 Å². The number of Topliss-reactive ketones (excluding diaryl/α,β-unsaturated/α-hetero) is 1. The molecular weight excluding hydrogens is 512 g/mol. The predicted molar refractivity (Wildman–Crippen MR) is 154 cm³/mol. The van der Waals surface area contributed by atoms with Gasteiger partial charge in [0.2, 0.25) is 0 Å². The molecule has 2 rings (SSSR count). The molecule has 0 aromatic carbocycles. The molecule has 2 aliphatic rings. The van der Waals surface area contributed by atoms with E-state index in [1.807, 2.05) is 60.6 Å². The number of fused-ring (bicyclic) bond motifs is 2. The molecule has 11 unspecified atom stereocenters. The molecule has 2 aliphatic heterocycles. The lowest BCUT2D eigenvalue weighted by atomic mass is 9.82. The molecule has 8 heteroatoms. The van der Waals surface area contributed by atoms with Gasteiger partial charge in [-0.1, -0.05) is 64.8 Å². The Kier molecular flexibility index (Phi) is 12.2. The van der Waals surface area contributed by atoms with Gasteiger partial charge in [-0.3, -0.25) is 9.59 Å². The van der Waals surface area contributed by atoms with E-state index >= 15 is 0 Å². The molecule has 0 aromatic rings. The number of allylic oxidation sites excluding steroid dienone is 1. The van der Waals surface area contributed by atoms with Crippen molar-refractivity contribution < 1.29 is 39.5 Å². The summed E-state index contributed by atoms with van der Waals surface area (Å²) in [5.41, 5.74) is 0.704. The summed E-state index contributed by atoms with van der Waals surface area (Å²) >= 11 is 0. The molecule has 0 aromatic heterocycles. The van der Waals surface area contributed by atoms with Gasteiger partial charge in [-0.05, 0) is 46.0 Å². The number of cyclic esters (lactones) is 1. The zero-order valence-electron chi connectivity index (χ0n) is 26.0. The number of ketones is 1. The molecule has 2 heterocycles. The van der Waals surface area contributed by atoms with Crippen LogP contribution in [-0.2, 0) is 19.1 Å². The van der Waals surface area contributed by atoms with Crippen LogP contribution in [-0.4, -0.2) is 68.0 Å². The monoisotopic (exact) mass is 566 g/mol. The number of rotatable bonds is 11. The third-order valence-corrected chi connectivity index (χ3v) is 9.19. The zero-order chi connectivity index (χ0) is 30.6. The molecule has 4 N–H and O–H groups in total. The Morgan fingerprint density at radius 1 is 1.10 bits per heavy atom. The molecule has 0 radical (unpaired) electrons. The van der Waals surface area contributed by atoms with E-state index in [4.69, 9.17) is 9.47 Å². The number of aliphatic hydroxyl groups is 4. The minimum atomic E-state index is -1.92. The predicted octanol–water partition coefficient (Wildman–Crippen LogP) is 4.47. The molecule has 11 atom stereocenters. The fourth-order valence-corrected chi connectivity index (χ4v) is 6.64. The van der Waals surface area contributed by atoms with Crippen LogP contribution in [0.15, 0.2) is 23.3 Å². The van der Waals surface area contributed by atoms with Crippen LogP contribution in [0.5, 0.6) is 0 Å². The lowest BCUT2D eigenvalue weighted by molar-refractivity contribution is -0.241. The Morgan fingerprint density at radius 3 is 2.30 bits per heavy atom. The minimum Gasteiger partial charge on any atom is -0.461 e. The third kappa shape index (κ3) is 8.03. The molecule has 0 spiro atoms. The summed E-state index contributed by atoms with van der Waals surface area (Å²) in [5.74, 6) is -4.55. The van der Waals surface area contributed by atoms with Crippen LogP contribution in [0.3, 0.4) is 0 Å². The van der Waals surface area contributed by atoms with Crippen LogP contribution >= 0.6 is 0 Å². The molecule has 0 amide bonds. The van der Waals surface area contributed by atoms with E-state index in [1.165, 1.54) is 0 Å². The van der Waals surface area contributed by atoms with Gasteiger partial charge in [-0.15, -0.1) is 0 Å². The highest BCUT2D eigenvalue weighted by Crippen LogP contribution is 2.45. The summed E-state index contributed by atoms with van der Waals surface area (Å²) in [6, 6.07) is 0. The molecule has 2 bridgehead atoms. The standard InChI is InChI=1S/C32H54O8/c1-10-24-30(37)31(9)16-18(3)12-13-26(39-27(34)17-32(24,38)40-31)23(8)29(36)21(6)15-19(4)14-20(5)28(35)22(7)25(33)11-2/h12,14,20-26,28-29,33,35-36,38H,10-11,13,15-17H2,1-9H3. The minimum absolute atomic E-state index is 0.152. The van der Waals surface area contributed by atoms with Crippen molar-refractivity contribution in [3.05, 3.63) is 23.3 Å². The molecule has 0 aliphatic carbocycles. The molecule has 40 heavy (non-hydrogen) atoms. The van der Waals surface area contributed by atoms with Crippen LogP contribution in [0.4, 0.5) is 0 Å². The zero-order valence-corrected chi connectivity index (χ0v) is 26.0. The summed E-state index contributed by atoms with van der Waals surface area (Å²) in [6.07, 6.45) is 3.04. The number of hydrogen-bond donors (Lipinski definition) is 4. The van der Waals surface area contributed by atoms with Crippen molar-refractivity contribution in [2.45, 2.75) is 137 Å². The summed E-state index contributed by atoms with van der Waals surface area (Å²) < 4.78 is 11.7. The van der Waals surface area contributed by atoms with Crippen LogP contribution in [0, 0.1) is 29.6 Å². The Labute approximate surface area is 240 Å². The van der Waals surface area contributed by atoms with Gasteiger partial charge in [-0.2, -0.15) is 0 Å². The highest BCUT2D eigenvalue weighted by molar-refractivity contribution is 5.93. The van der Waals surface area contributed by atoms with Crippen LogP contribution in [0.25, 0.3) is 0 Å².